The van der Waals surface area contributed by atoms with Gasteiger partial charge in [-0.05, 0) is 55.7 Å². The van der Waals surface area contributed by atoms with Crippen LogP contribution in [0.2, 0.25) is 0 Å². The van der Waals surface area contributed by atoms with Crippen molar-refractivity contribution in [3.63, 3.8) is 0 Å². The number of nitrogens with zero attached hydrogens (tertiary/aromatic N) is 4. The smallest absolute Gasteiger partial charge is 0.230 e. The maximum Gasteiger partial charge on any atom is 0.230 e. The van der Waals surface area contributed by atoms with E-state index in [4.69, 9.17) is 0 Å². The summed E-state index contributed by atoms with van der Waals surface area (Å²) in [6, 6.07) is 10.4. The molecule has 0 spiro atoms. The zero-order valence-electron chi connectivity index (χ0n) is 16.7. The molecule has 0 unspecified atom stereocenters. The first-order valence-electron chi connectivity index (χ1n) is 9.44. The van der Waals surface area contributed by atoms with Crippen molar-refractivity contribution in [2.45, 2.75) is 32.5 Å². The molecule has 0 fully saturated rings. The summed E-state index contributed by atoms with van der Waals surface area (Å²) in [4.78, 5) is 21.3. The van der Waals surface area contributed by atoms with E-state index < -0.39 is 0 Å². The van der Waals surface area contributed by atoms with Crippen LogP contribution in [-0.4, -0.2) is 30.6 Å². The summed E-state index contributed by atoms with van der Waals surface area (Å²) in [7, 11) is 0. The van der Waals surface area contributed by atoms with Gasteiger partial charge in [-0.3, -0.25) is 9.36 Å². The van der Waals surface area contributed by atoms with Crippen molar-refractivity contribution in [1.29, 1.82) is 0 Å². The molecule has 0 aliphatic rings. The minimum Gasteiger partial charge on any atom is -0.350 e. The number of hydrogen-bond donors (Lipinski definition) is 1. The number of rotatable bonds is 6. The molecule has 0 bridgehead atoms. The van der Waals surface area contributed by atoms with Crippen LogP contribution < -0.4 is 5.32 Å². The molecule has 1 aromatic carbocycles. The summed E-state index contributed by atoms with van der Waals surface area (Å²) >= 11 is 1.43. The lowest BCUT2D eigenvalue weighted by atomic mass is 10.1. The van der Waals surface area contributed by atoms with Gasteiger partial charge in [-0.25, -0.2) is 9.97 Å². The SMILES string of the molecule is Cc1ccc(C)c(-n2ccnc2SCC(=O)NCc2cn3ccc(C)cc3n2)c1. The quantitative estimate of drug-likeness (QED) is 0.495. The lowest BCUT2D eigenvalue weighted by Gasteiger charge is -2.11. The standard InChI is InChI=1S/C22H23N5OS/c1-15-4-5-17(3)19(10-15)27-9-7-23-22(27)29-14-21(28)24-12-18-13-26-8-6-16(2)11-20(26)25-18/h4-11,13H,12,14H2,1-3H3,(H,24,28). The molecular weight excluding hydrogens is 382 g/mol. The lowest BCUT2D eigenvalue weighted by molar-refractivity contribution is -0.118. The highest BCUT2D eigenvalue weighted by Crippen LogP contribution is 2.23. The van der Waals surface area contributed by atoms with Gasteiger partial charge in [0.1, 0.15) is 5.65 Å². The Bertz CT molecular complexity index is 1180. The fourth-order valence-electron chi connectivity index (χ4n) is 3.15. The largest absolute Gasteiger partial charge is 0.350 e. The topological polar surface area (TPSA) is 64.2 Å². The van der Waals surface area contributed by atoms with E-state index in [1.807, 2.05) is 46.6 Å². The van der Waals surface area contributed by atoms with Gasteiger partial charge < -0.3 is 9.72 Å². The van der Waals surface area contributed by atoms with Crippen LogP contribution in [0.15, 0.2) is 60.3 Å². The third-order valence-electron chi connectivity index (χ3n) is 4.70. The Labute approximate surface area is 174 Å². The number of hydrogen-bond acceptors (Lipinski definition) is 4. The van der Waals surface area contributed by atoms with Crippen molar-refractivity contribution < 1.29 is 4.79 Å². The first-order chi connectivity index (χ1) is 14.0. The van der Waals surface area contributed by atoms with E-state index >= 15 is 0 Å². The average molecular weight is 406 g/mol. The van der Waals surface area contributed by atoms with Gasteiger partial charge >= 0.3 is 0 Å². The lowest BCUT2D eigenvalue weighted by Crippen LogP contribution is -2.24. The molecule has 3 aromatic heterocycles. The first kappa shape index (κ1) is 19.3. The zero-order valence-corrected chi connectivity index (χ0v) is 17.5. The summed E-state index contributed by atoms with van der Waals surface area (Å²) in [5.74, 6) is 0.257. The normalized spacial score (nSPS) is 11.1. The predicted molar refractivity (Wildman–Crippen MR) is 116 cm³/mol. The summed E-state index contributed by atoms with van der Waals surface area (Å²) in [5.41, 5.74) is 6.34. The van der Waals surface area contributed by atoms with Gasteiger partial charge in [0.25, 0.3) is 0 Å². The molecule has 6 nitrogen and oxygen atoms in total. The van der Waals surface area contributed by atoms with Crippen LogP contribution >= 0.6 is 11.8 Å². The van der Waals surface area contributed by atoms with E-state index in [-0.39, 0.29) is 5.91 Å². The van der Waals surface area contributed by atoms with Gasteiger partial charge in [0, 0.05) is 24.8 Å². The van der Waals surface area contributed by atoms with E-state index in [0.29, 0.717) is 12.3 Å². The molecule has 0 aliphatic carbocycles. The highest BCUT2D eigenvalue weighted by molar-refractivity contribution is 7.99. The van der Waals surface area contributed by atoms with Gasteiger partial charge in [0.2, 0.25) is 5.91 Å². The van der Waals surface area contributed by atoms with E-state index in [0.717, 1.165) is 27.7 Å². The Kier molecular flexibility index (Phi) is 5.40. The van der Waals surface area contributed by atoms with Crippen molar-refractivity contribution in [2.24, 2.45) is 0 Å². The number of aromatic nitrogens is 4. The number of nitrogens with one attached hydrogen (secondary N) is 1. The molecule has 148 valence electrons. The third-order valence-corrected chi connectivity index (χ3v) is 5.66. The van der Waals surface area contributed by atoms with Gasteiger partial charge in [-0.15, -0.1) is 0 Å². The number of thioether (sulfide) groups is 1. The van der Waals surface area contributed by atoms with Crippen molar-refractivity contribution in [1.82, 2.24) is 24.3 Å². The van der Waals surface area contributed by atoms with Gasteiger partial charge in [0.15, 0.2) is 5.16 Å². The van der Waals surface area contributed by atoms with Crippen LogP contribution in [0.4, 0.5) is 0 Å². The Morgan fingerprint density at radius 1 is 1.10 bits per heavy atom. The maximum atomic E-state index is 12.3. The van der Waals surface area contributed by atoms with E-state index in [9.17, 15) is 4.79 Å². The monoisotopic (exact) mass is 405 g/mol. The van der Waals surface area contributed by atoms with Crippen LogP contribution in [0.1, 0.15) is 22.4 Å². The number of carbonyl (C=O) groups excluding carboxylic acids is 1. The molecule has 4 rings (SSSR count). The second-order valence-electron chi connectivity index (χ2n) is 7.14. The number of carbonyl (C=O) groups is 1. The number of amides is 1. The Morgan fingerprint density at radius 3 is 2.79 bits per heavy atom. The summed E-state index contributed by atoms with van der Waals surface area (Å²) in [5, 5.41) is 3.75. The van der Waals surface area contributed by atoms with Crippen LogP contribution in [0.3, 0.4) is 0 Å². The fraction of sp³-hybridized carbons (Fsp3) is 0.227. The van der Waals surface area contributed by atoms with Crippen molar-refractivity contribution in [2.75, 3.05) is 5.75 Å². The minimum atomic E-state index is -0.0428. The number of pyridine rings is 1. The Hall–Kier alpha value is -3.06. The molecule has 7 heteroatoms. The molecule has 1 amide bonds. The van der Waals surface area contributed by atoms with Gasteiger partial charge in [-0.1, -0.05) is 23.9 Å². The third kappa shape index (κ3) is 4.35. The van der Waals surface area contributed by atoms with Crippen molar-refractivity contribution >= 4 is 23.3 Å². The molecule has 3 heterocycles. The second kappa shape index (κ2) is 8.13. The van der Waals surface area contributed by atoms with Gasteiger partial charge in [-0.2, -0.15) is 0 Å². The highest BCUT2D eigenvalue weighted by Gasteiger charge is 2.11. The Morgan fingerprint density at radius 2 is 1.93 bits per heavy atom. The van der Waals surface area contributed by atoms with E-state index in [2.05, 4.69) is 47.3 Å². The number of imidazole rings is 2. The molecule has 0 saturated heterocycles. The predicted octanol–water partition coefficient (Wildman–Crippen LogP) is 3.85. The van der Waals surface area contributed by atoms with Crippen LogP contribution in [0.25, 0.3) is 11.3 Å². The fourth-order valence-corrected chi connectivity index (χ4v) is 3.95. The van der Waals surface area contributed by atoms with Crippen molar-refractivity contribution in [3.8, 4) is 5.69 Å². The van der Waals surface area contributed by atoms with Crippen LogP contribution in [0.5, 0.6) is 0 Å². The molecule has 29 heavy (non-hydrogen) atoms. The van der Waals surface area contributed by atoms with Gasteiger partial charge in [0.05, 0.1) is 23.7 Å². The summed E-state index contributed by atoms with van der Waals surface area (Å²) < 4.78 is 3.99. The van der Waals surface area contributed by atoms with Crippen molar-refractivity contribution in [3.05, 3.63) is 77.5 Å². The minimum absolute atomic E-state index is 0.0428. The number of benzene rings is 1. The molecule has 4 aromatic rings. The summed E-state index contributed by atoms with van der Waals surface area (Å²) in [6.45, 7) is 6.59. The molecule has 0 saturated carbocycles. The van der Waals surface area contributed by atoms with E-state index in [1.54, 1.807) is 6.20 Å². The molecular formula is C22H23N5OS. The average Bonchev–Trinajstić information content (AvgIpc) is 3.32. The first-order valence-corrected chi connectivity index (χ1v) is 10.4. The molecule has 0 atom stereocenters. The summed E-state index contributed by atoms with van der Waals surface area (Å²) in [6.07, 6.45) is 7.61. The van der Waals surface area contributed by atoms with E-state index in [1.165, 1.54) is 22.9 Å². The van der Waals surface area contributed by atoms with Crippen LogP contribution in [-0.2, 0) is 11.3 Å². The molecule has 0 aliphatic heterocycles. The molecule has 0 radical (unpaired) electrons. The number of fused-ring (bicyclic) bond motifs is 1. The molecule has 1 N–H and O–H groups in total. The second-order valence-corrected chi connectivity index (χ2v) is 8.08. The highest BCUT2D eigenvalue weighted by atomic mass is 32.2. The Balaban J connectivity index is 1.38. The zero-order chi connectivity index (χ0) is 20.4. The van der Waals surface area contributed by atoms with Crippen LogP contribution in [0, 0.1) is 20.8 Å². The number of aryl methyl sites for hydroxylation is 3. The maximum absolute atomic E-state index is 12.3.